The Labute approximate surface area is 181 Å². The van der Waals surface area contributed by atoms with Crippen LogP contribution in [0.1, 0.15) is 27.0 Å². The number of carbonyl (C=O) groups excluding carboxylic acids is 1. The van der Waals surface area contributed by atoms with E-state index in [0.717, 1.165) is 41.9 Å². The normalized spacial score (nSPS) is 25.2. The lowest BCUT2D eigenvalue weighted by molar-refractivity contribution is -0.0769. The van der Waals surface area contributed by atoms with Crippen molar-refractivity contribution in [2.45, 2.75) is 19.0 Å². The number of benzene rings is 1. The van der Waals surface area contributed by atoms with E-state index < -0.39 is 0 Å². The van der Waals surface area contributed by atoms with Crippen molar-refractivity contribution in [3.63, 3.8) is 0 Å². The van der Waals surface area contributed by atoms with Crippen LogP contribution in [0, 0.1) is 6.92 Å². The zero-order chi connectivity index (χ0) is 20.5. The highest BCUT2D eigenvalue weighted by Gasteiger charge is 2.38. The second kappa shape index (κ2) is 8.63. The Kier molecular flexibility index (Phi) is 5.73. The molecule has 7 nitrogen and oxygen atoms in total. The number of thiazole rings is 1. The molecule has 1 aromatic carbocycles. The van der Waals surface area contributed by atoms with Crippen molar-refractivity contribution in [3.8, 4) is 0 Å². The minimum atomic E-state index is 0.103. The highest BCUT2D eigenvalue weighted by molar-refractivity contribution is 7.17. The van der Waals surface area contributed by atoms with E-state index >= 15 is 0 Å². The number of fused-ring (bicyclic) bond motifs is 1. The van der Waals surface area contributed by atoms with Gasteiger partial charge in [0.05, 0.1) is 44.2 Å². The van der Waals surface area contributed by atoms with E-state index in [4.69, 9.17) is 9.47 Å². The lowest BCUT2D eigenvalue weighted by Gasteiger charge is -2.48. The highest BCUT2D eigenvalue weighted by Crippen LogP contribution is 2.32. The van der Waals surface area contributed by atoms with Crippen molar-refractivity contribution in [1.82, 2.24) is 14.8 Å². The molecule has 0 spiro atoms. The number of morpholine rings is 2. The van der Waals surface area contributed by atoms with Crippen LogP contribution >= 0.6 is 11.3 Å². The van der Waals surface area contributed by atoms with E-state index in [1.807, 2.05) is 17.9 Å². The van der Waals surface area contributed by atoms with Gasteiger partial charge < -0.3 is 19.3 Å². The first-order chi connectivity index (χ1) is 14.7. The number of nitrogens with zero attached hydrogens (tertiary/aromatic N) is 4. The molecule has 2 aromatic rings. The Hall–Kier alpha value is -2.00. The fourth-order valence-electron chi connectivity index (χ4n) is 4.60. The first-order valence-corrected chi connectivity index (χ1v) is 11.5. The van der Waals surface area contributed by atoms with Gasteiger partial charge in [0, 0.05) is 32.7 Å². The standard InChI is InChI=1S/C22H28N4O3S/c1-16-20(30-22(23-16)24-9-11-28-12-10-24)21(27)25-7-8-26-18(13-25)14-29-15-19(26)17-5-3-2-4-6-17/h2-6,18-19H,7-15H2,1H3/t18-,19-/m1/s1. The maximum Gasteiger partial charge on any atom is 0.266 e. The van der Waals surface area contributed by atoms with Crippen molar-refractivity contribution < 1.29 is 14.3 Å². The Morgan fingerprint density at radius 3 is 2.67 bits per heavy atom. The summed E-state index contributed by atoms with van der Waals surface area (Å²) in [6, 6.07) is 11.0. The highest BCUT2D eigenvalue weighted by atomic mass is 32.1. The van der Waals surface area contributed by atoms with E-state index in [2.05, 4.69) is 39.0 Å². The van der Waals surface area contributed by atoms with Crippen LogP contribution in [0.25, 0.3) is 0 Å². The Morgan fingerprint density at radius 1 is 1.07 bits per heavy atom. The van der Waals surface area contributed by atoms with Crippen LogP contribution in [0.3, 0.4) is 0 Å². The monoisotopic (exact) mass is 428 g/mol. The first-order valence-electron chi connectivity index (χ1n) is 10.7. The molecule has 5 rings (SSSR count). The second-order valence-electron chi connectivity index (χ2n) is 8.12. The van der Waals surface area contributed by atoms with Crippen molar-refractivity contribution in [1.29, 1.82) is 0 Å². The number of hydrogen-bond donors (Lipinski definition) is 0. The summed E-state index contributed by atoms with van der Waals surface area (Å²) in [5.41, 5.74) is 2.12. The molecule has 1 aromatic heterocycles. The summed E-state index contributed by atoms with van der Waals surface area (Å²) in [4.78, 5) is 25.5. The molecule has 30 heavy (non-hydrogen) atoms. The van der Waals surface area contributed by atoms with Gasteiger partial charge in [-0.2, -0.15) is 0 Å². The molecular formula is C22H28N4O3S. The average molecular weight is 429 g/mol. The van der Waals surface area contributed by atoms with Crippen LogP contribution < -0.4 is 4.90 Å². The fourth-order valence-corrected chi connectivity index (χ4v) is 5.69. The van der Waals surface area contributed by atoms with Gasteiger partial charge in [0.15, 0.2) is 5.13 Å². The van der Waals surface area contributed by atoms with Crippen molar-refractivity contribution in [3.05, 3.63) is 46.5 Å². The SMILES string of the molecule is Cc1nc(N2CCOCC2)sc1C(=O)N1CCN2[C@@H](COC[C@@H]2c2ccccc2)C1. The van der Waals surface area contributed by atoms with Gasteiger partial charge in [0.2, 0.25) is 0 Å². The molecule has 0 radical (unpaired) electrons. The third-order valence-electron chi connectivity index (χ3n) is 6.25. The van der Waals surface area contributed by atoms with Crippen LogP contribution in [0.15, 0.2) is 30.3 Å². The van der Waals surface area contributed by atoms with Gasteiger partial charge in [-0.1, -0.05) is 41.7 Å². The van der Waals surface area contributed by atoms with Gasteiger partial charge in [-0.3, -0.25) is 9.69 Å². The number of rotatable bonds is 3. The predicted octanol–water partition coefficient (Wildman–Crippen LogP) is 2.19. The number of ether oxygens (including phenoxy) is 2. The molecule has 2 atom stereocenters. The minimum Gasteiger partial charge on any atom is -0.378 e. The minimum absolute atomic E-state index is 0.103. The molecular weight excluding hydrogens is 400 g/mol. The van der Waals surface area contributed by atoms with E-state index in [9.17, 15) is 4.79 Å². The van der Waals surface area contributed by atoms with Crippen LogP contribution in [0.5, 0.6) is 0 Å². The van der Waals surface area contributed by atoms with E-state index in [-0.39, 0.29) is 18.0 Å². The van der Waals surface area contributed by atoms with Gasteiger partial charge >= 0.3 is 0 Å². The molecule has 3 aliphatic rings. The van der Waals surface area contributed by atoms with E-state index in [0.29, 0.717) is 33.0 Å². The summed E-state index contributed by atoms with van der Waals surface area (Å²) < 4.78 is 11.4. The van der Waals surface area contributed by atoms with Crippen LogP contribution in [0.4, 0.5) is 5.13 Å². The summed E-state index contributed by atoms with van der Waals surface area (Å²) in [5, 5.41) is 0.933. The molecule has 3 saturated heterocycles. The molecule has 0 aliphatic carbocycles. The molecule has 160 valence electrons. The Morgan fingerprint density at radius 2 is 1.87 bits per heavy atom. The fraction of sp³-hybridized carbons (Fsp3) is 0.545. The van der Waals surface area contributed by atoms with Gasteiger partial charge in [-0.05, 0) is 12.5 Å². The molecule has 0 saturated carbocycles. The number of carbonyl (C=O) groups is 1. The van der Waals surface area contributed by atoms with Gasteiger partial charge in [-0.25, -0.2) is 4.98 Å². The maximum atomic E-state index is 13.3. The summed E-state index contributed by atoms with van der Waals surface area (Å²) in [6.45, 7) is 8.74. The summed E-state index contributed by atoms with van der Waals surface area (Å²) in [5.74, 6) is 0.103. The average Bonchev–Trinajstić information content (AvgIpc) is 3.20. The molecule has 0 N–H and O–H groups in total. The second-order valence-corrected chi connectivity index (χ2v) is 9.09. The smallest absolute Gasteiger partial charge is 0.266 e. The first kappa shape index (κ1) is 19.9. The third kappa shape index (κ3) is 3.85. The zero-order valence-electron chi connectivity index (χ0n) is 17.3. The molecule has 4 heterocycles. The van der Waals surface area contributed by atoms with Crippen LogP contribution in [-0.2, 0) is 9.47 Å². The molecule has 0 bridgehead atoms. The Balaban J connectivity index is 1.29. The molecule has 0 unspecified atom stereocenters. The number of aryl methyl sites for hydroxylation is 1. The van der Waals surface area contributed by atoms with Gasteiger partial charge in [-0.15, -0.1) is 0 Å². The quantitative estimate of drug-likeness (QED) is 0.747. The van der Waals surface area contributed by atoms with Crippen molar-refractivity contribution >= 4 is 22.4 Å². The maximum absolute atomic E-state index is 13.3. The molecule has 3 fully saturated rings. The van der Waals surface area contributed by atoms with Crippen LogP contribution in [0.2, 0.25) is 0 Å². The predicted molar refractivity (Wildman–Crippen MR) is 116 cm³/mol. The number of hydrogen-bond acceptors (Lipinski definition) is 7. The summed E-state index contributed by atoms with van der Waals surface area (Å²) in [7, 11) is 0. The number of amides is 1. The van der Waals surface area contributed by atoms with Gasteiger partial charge in [0.25, 0.3) is 5.91 Å². The lowest BCUT2D eigenvalue weighted by atomic mass is 10.00. The zero-order valence-corrected chi connectivity index (χ0v) is 18.1. The topological polar surface area (TPSA) is 58.1 Å². The number of piperazine rings is 1. The number of aromatic nitrogens is 1. The third-order valence-corrected chi connectivity index (χ3v) is 7.45. The van der Waals surface area contributed by atoms with E-state index in [1.165, 1.54) is 16.9 Å². The largest absolute Gasteiger partial charge is 0.378 e. The molecule has 8 heteroatoms. The van der Waals surface area contributed by atoms with Crippen molar-refractivity contribution in [2.75, 3.05) is 64.1 Å². The lowest BCUT2D eigenvalue weighted by Crippen LogP contribution is -2.60. The van der Waals surface area contributed by atoms with E-state index in [1.54, 1.807) is 0 Å². The van der Waals surface area contributed by atoms with Crippen LogP contribution in [-0.4, -0.2) is 85.9 Å². The van der Waals surface area contributed by atoms with Crippen molar-refractivity contribution in [2.24, 2.45) is 0 Å². The molecule has 3 aliphatic heterocycles. The summed E-state index contributed by atoms with van der Waals surface area (Å²) in [6.07, 6.45) is 0. The van der Waals surface area contributed by atoms with Gasteiger partial charge in [0.1, 0.15) is 4.88 Å². The Bertz CT molecular complexity index is 884. The number of anilines is 1. The summed E-state index contributed by atoms with van der Waals surface area (Å²) >= 11 is 1.52. The molecule has 1 amide bonds.